The predicted octanol–water partition coefficient (Wildman–Crippen LogP) is 3.19. The minimum absolute atomic E-state index is 0.0528. The van der Waals surface area contributed by atoms with Gasteiger partial charge in [0.05, 0.1) is 19.1 Å². The predicted molar refractivity (Wildman–Crippen MR) is 105 cm³/mol. The number of nitrogens with one attached hydrogen (secondary N) is 2. The van der Waals surface area contributed by atoms with Gasteiger partial charge in [-0.1, -0.05) is 36.4 Å². The SMILES string of the molecule is O=C(Nc1cccc(OC2CCOCC2)c1)C1CNCC1c1ccccc1. The molecule has 0 spiro atoms. The number of hydrogen-bond donors (Lipinski definition) is 2. The first-order valence-corrected chi connectivity index (χ1v) is 9.70. The van der Waals surface area contributed by atoms with Gasteiger partial charge in [0.15, 0.2) is 0 Å². The molecule has 27 heavy (non-hydrogen) atoms. The summed E-state index contributed by atoms with van der Waals surface area (Å²) in [5, 5.41) is 6.43. The van der Waals surface area contributed by atoms with E-state index in [1.807, 2.05) is 42.5 Å². The zero-order chi connectivity index (χ0) is 18.5. The topological polar surface area (TPSA) is 59.6 Å². The molecule has 0 aliphatic carbocycles. The van der Waals surface area contributed by atoms with Crippen LogP contribution in [-0.2, 0) is 9.53 Å². The molecule has 142 valence electrons. The van der Waals surface area contributed by atoms with E-state index in [1.165, 1.54) is 5.56 Å². The molecule has 2 aromatic rings. The lowest BCUT2D eigenvalue weighted by atomic mass is 9.88. The van der Waals surface area contributed by atoms with E-state index in [2.05, 4.69) is 22.8 Å². The minimum Gasteiger partial charge on any atom is -0.490 e. The Morgan fingerprint density at radius 2 is 1.85 bits per heavy atom. The van der Waals surface area contributed by atoms with Gasteiger partial charge in [-0.05, 0) is 17.7 Å². The van der Waals surface area contributed by atoms with Crippen LogP contribution in [0.1, 0.15) is 24.3 Å². The molecule has 2 atom stereocenters. The lowest BCUT2D eigenvalue weighted by molar-refractivity contribution is -0.119. The van der Waals surface area contributed by atoms with Gasteiger partial charge in [-0.2, -0.15) is 0 Å². The fraction of sp³-hybridized carbons (Fsp3) is 0.409. The number of carbonyl (C=O) groups is 1. The molecule has 1 amide bonds. The monoisotopic (exact) mass is 366 g/mol. The molecule has 0 bridgehead atoms. The second-order valence-corrected chi connectivity index (χ2v) is 7.23. The van der Waals surface area contributed by atoms with Crippen LogP contribution in [0.2, 0.25) is 0 Å². The smallest absolute Gasteiger partial charge is 0.229 e. The van der Waals surface area contributed by atoms with Crippen LogP contribution in [0, 0.1) is 5.92 Å². The number of carbonyl (C=O) groups excluding carboxylic acids is 1. The Hall–Kier alpha value is -2.37. The third-order valence-corrected chi connectivity index (χ3v) is 5.35. The molecule has 2 unspecified atom stereocenters. The first kappa shape index (κ1) is 18.0. The van der Waals surface area contributed by atoms with Crippen LogP contribution in [-0.4, -0.2) is 38.3 Å². The van der Waals surface area contributed by atoms with Gasteiger partial charge in [-0.3, -0.25) is 4.79 Å². The maximum Gasteiger partial charge on any atom is 0.229 e. The van der Waals surface area contributed by atoms with Gasteiger partial charge in [0.1, 0.15) is 11.9 Å². The number of amides is 1. The van der Waals surface area contributed by atoms with Crippen molar-refractivity contribution < 1.29 is 14.3 Å². The molecule has 5 nitrogen and oxygen atoms in total. The van der Waals surface area contributed by atoms with Gasteiger partial charge in [0.2, 0.25) is 5.91 Å². The fourth-order valence-corrected chi connectivity index (χ4v) is 3.87. The lowest BCUT2D eigenvalue weighted by Gasteiger charge is -2.23. The van der Waals surface area contributed by atoms with Crippen molar-refractivity contribution in [2.75, 3.05) is 31.6 Å². The highest BCUT2D eigenvalue weighted by atomic mass is 16.5. The van der Waals surface area contributed by atoms with Crippen molar-refractivity contribution in [3.63, 3.8) is 0 Å². The van der Waals surface area contributed by atoms with Crippen LogP contribution in [0.15, 0.2) is 54.6 Å². The fourth-order valence-electron chi connectivity index (χ4n) is 3.87. The molecule has 0 aromatic heterocycles. The van der Waals surface area contributed by atoms with Gasteiger partial charge in [-0.25, -0.2) is 0 Å². The van der Waals surface area contributed by atoms with Crippen molar-refractivity contribution >= 4 is 11.6 Å². The molecule has 2 fully saturated rings. The summed E-state index contributed by atoms with van der Waals surface area (Å²) in [6.07, 6.45) is 2.00. The Kier molecular flexibility index (Phi) is 5.70. The quantitative estimate of drug-likeness (QED) is 0.853. The highest BCUT2D eigenvalue weighted by Crippen LogP contribution is 2.29. The lowest BCUT2D eigenvalue weighted by Crippen LogP contribution is -2.28. The molecule has 2 saturated heterocycles. The van der Waals surface area contributed by atoms with E-state index in [9.17, 15) is 4.79 Å². The number of benzene rings is 2. The summed E-state index contributed by atoms with van der Waals surface area (Å²) in [5.41, 5.74) is 1.99. The van der Waals surface area contributed by atoms with Gasteiger partial charge in [0.25, 0.3) is 0 Å². The van der Waals surface area contributed by atoms with E-state index in [0.29, 0.717) is 6.54 Å². The molecular weight excluding hydrogens is 340 g/mol. The molecule has 0 radical (unpaired) electrons. The van der Waals surface area contributed by atoms with Crippen molar-refractivity contribution in [2.45, 2.75) is 24.9 Å². The molecular formula is C22H26N2O3. The second-order valence-electron chi connectivity index (χ2n) is 7.23. The van der Waals surface area contributed by atoms with Gasteiger partial charge in [0, 0.05) is 43.6 Å². The molecule has 2 aromatic carbocycles. The molecule has 2 heterocycles. The Balaban J connectivity index is 1.41. The van der Waals surface area contributed by atoms with Crippen molar-refractivity contribution in [3.05, 3.63) is 60.2 Å². The molecule has 0 saturated carbocycles. The normalized spacial score (nSPS) is 23.1. The molecule has 2 aliphatic heterocycles. The number of anilines is 1. The van der Waals surface area contributed by atoms with Crippen molar-refractivity contribution in [3.8, 4) is 5.75 Å². The summed E-state index contributed by atoms with van der Waals surface area (Å²) in [4.78, 5) is 12.9. The average molecular weight is 366 g/mol. The molecule has 5 heteroatoms. The summed E-state index contributed by atoms with van der Waals surface area (Å²) >= 11 is 0. The highest BCUT2D eigenvalue weighted by Gasteiger charge is 2.33. The zero-order valence-corrected chi connectivity index (χ0v) is 15.4. The summed E-state index contributed by atoms with van der Waals surface area (Å²) < 4.78 is 11.4. The second kappa shape index (κ2) is 8.55. The van der Waals surface area contributed by atoms with E-state index < -0.39 is 0 Å². The first-order chi connectivity index (χ1) is 13.3. The van der Waals surface area contributed by atoms with E-state index in [0.717, 1.165) is 44.0 Å². The minimum atomic E-state index is -0.0764. The van der Waals surface area contributed by atoms with Gasteiger partial charge >= 0.3 is 0 Å². The molecule has 2 N–H and O–H groups in total. The van der Waals surface area contributed by atoms with Gasteiger partial charge < -0.3 is 20.1 Å². The first-order valence-electron chi connectivity index (χ1n) is 9.70. The number of rotatable bonds is 5. The van der Waals surface area contributed by atoms with E-state index >= 15 is 0 Å². The van der Waals surface area contributed by atoms with E-state index in [1.54, 1.807) is 0 Å². The molecule has 2 aliphatic rings. The Labute approximate surface area is 160 Å². The van der Waals surface area contributed by atoms with Crippen LogP contribution in [0.3, 0.4) is 0 Å². The third kappa shape index (κ3) is 4.49. The summed E-state index contributed by atoms with van der Waals surface area (Å²) in [6.45, 7) is 3.02. The highest BCUT2D eigenvalue weighted by molar-refractivity contribution is 5.93. The molecule has 4 rings (SSSR count). The van der Waals surface area contributed by atoms with Crippen LogP contribution in [0.4, 0.5) is 5.69 Å². The number of ether oxygens (including phenoxy) is 2. The van der Waals surface area contributed by atoms with Gasteiger partial charge in [-0.15, -0.1) is 0 Å². The largest absolute Gasteiger partial charge is 0.490 e. The zero-order valence-electron chi connectivity index (χ0n) is 15.4. The van der Waals surface area contributed by atoms with Crippen LogP contribution >= 0.6 is 0 Å². The van der Waals surface area contributed by atoms with Crippen LogP contribution in [0.5, 0.6) is 5.75 Å². The van der Waals surface area contributed by atoms with Crippen LogP contribution in [0.25, 0.3) is 0 Å². The summed E-state index contributed by atoms with van der Waals surface area (Å²) in [6, 6.07) is 17.9. The number of hydrogen-bond acceptors (Lipinski definition) is 4. The van der Waals surface area contributed by atoms with E-state index in [4.69, 9.17) is 9.47 Å². The third-order valence-electron chi connectivity index (χ3n) is 5.35. The van der Waals surface area contributed by atoms with E-state index in [-0.39, 0.29) is 23.8 Å². The maximum atomic E-state index is 12.9. The van der Waals surface area contributed by atoms with Crippen molar-refractivity contribution in [2.24, 2.45) is 5.92 Å². The summed E-state index contributed by atoms with van der Waals surface area (Å²) in [7, 11) is 0. The Morgan fingerprint density at radius 1 is 1.04 bits per heavy atom. The van der Waals surface area contributed by atoms with Crippen molar-refractivity contribution in [1.29, 1.82) is 0 Å². The average Bonchev–Trinajstić information content (AvgIpc) is 3.20. The summed E-state index contributed by atoms with van der Waals surface area (Å²) in [5.74, 6) is 0.973. The Morgan fingerprint density at radius 3 is 2.67 bits per heavy atom. The maximum absolute atomic E-state index is 12.9. The van der Waals surface area contributed by atoms with Crippen molar-refractivity contribution in [1.82, 2.24) is 5.32 Å². The standard InChI is InChI=1S/C22H26N2O3/c25-22(21-15-23-14-20(21)16-5-2-1-3-6-16)24-17-7-4-8-19(13-17)27-18-9-11-26-12-10-18/h1-8,13,18,20-21,23H,9-12,14-15H2,(H,24,25). The van der Waals surface area contributed by atoms with Crippen LogP contribution < -0.4 is 15.4 Å². The Bertz CT molecular complexity index is 759.